The predicted molar refractivity (Wildman–Crippen MR) is 123 cm³/mol. The Bertz CT molecular complexity index is 998. The number of dihydropyridines is 1. The topological polar surface area (TPSA) is 90.9 Å². The minimum Gasteiger partial charge on any atom is -0.468 e. The molecule has 2 aliphatic rings. The van der Waals surface area contributed by atoms with Gasteiger partial charge in [0, 0.05) is 34.5 Å². The summed E-state index contributed by atoms with van der Waals surface area (Å²) in [5.74, 6) is -3.36. The zero-order valence-electron chi connectivity index (χ0n) is 19.4. The highest BCUT2D eigenvalue weighted by molar-refractivity contribution is 6.30. The van der Waals surface area contributed by atoms with Crippen molar-refractivity contribution in [3.8, 4) is 0 Å². The first-order valence-corrected chi connectivity index (χ1v) is 11.5. The average Bonchev–Trinajstić information content (AvgIpc) is 2.77. The molecule has 1 N–H and O–H groups in total. The van der Waals surface area contributed by atoms with Crippen molar-refractivity contribution in [2.24, 2.45) is 11.8 Å². The number of hydrogen-bond acceptors (Lipinski definition) is 7. The normalized spacial score (nSPS) is 22.6. The number of nitrogens with one attached hydrogen (secondary N) is 1. The summed E-state index contributed by atoms with van der Waals surface area (Å²) in [6.45, 7) is 6.60. The van der Waals surface area contributed by atoms with Crippen LogP contribution in [0, 0.1) is 11.8 Å². The third-order valence-corrected chi connectivity index (χ3v) is 6.19. The highest BCUT2D eigenvalue weighted by Gasteiger charge is 2.47. The van der Waals surface area contributed by atoms with E-state index in [4.69, 9.17) is 25.8 Å². The molecular weight excluding hydrogens is 446 g/mol. The Morgan fingerprint density at radius 3 is 2.64 bits per heavy atom. The number of ketones is 1. The maximum absolute atomic E-state index is 13.6. The molecule has 7 nitrogen and oxygen atoms in total. The molecule has 0 amide bonds. The van der Waals surface area contributed by atoms with Crippen molar-refractivity contribution in [3.05, 3.63) is 57.4 Å². The summed E-state index contributed by atoms with van der Waals surface area (Å²) < 4.78 is 15.8. The Balaban J connectivity index is 2.02. The molecule has 33 heavy (non-hydrogen) atoms. The van der Waals surface area contributed by atoms with Crippen LogP contribution >= 0.6 is 11.6 Å². The van der Waals surface area contributed by atoms with Crippen molar-refractivity contribution in [1.82, 2.24) is 5.32 Å². The van der Waals surface area contributed by atoms with Crippen LogP contribution in [0.25, 0.3) is 0 Å². The van der Waals surface area contributed by atoms with Gasteiger partial charge in [-0.2, -0.15) is 0 Å². The van der Waals surface area contributed by atoms with E-state index in [-0.39, 0.29) is 24.9 Å². The molecule has 0 aromatic heterocycles. The van der Waals surface area contributed by atoms with Crippen molar-refractivity contribution in [2.45, 2.75) is 39.5 Å². The maximum Gasteiger partial charge on any atom is 0.336 e. The Morgan fingerprint density at radius 1 is 1.21 bits per heavy atom. The molecule has 1 aromatic rings. The van der Waals surface area contributed by atoms with Crippen LogP contribution in [-0.2, 0) is 28.6 Å². The van der Waals surface area contributed by atoms with Gasteiger partial charge in [-0.1, -0.05) is 37.6 Å². The van der Waals surface area contributed by atoms with Crippen LogP contribution in [0.4, 0.5) is 0 Å². The summed E-state index contributed by atoms with van der Waals surface area (Å²) in [6.07, 6.45) is 1.35. The second-order valence-corrected chi connectivity index (χ2v) is 8.78. The van der Waals surface area contributed by atoms with E-state index in [1.54, 1.807) is 25.1 Å². The van der Waals surface area contributed by atoms with Gasteiger partial charge in [0.2, 0.25) is 0 Å². The minimum atomic E-state index is -0.935. The molecule has 0 spiro atoms. The van der Waals surface area contributed by atoms with Gasteiger partial charge < -0.3 is 19.5 Å². The molecule has 0 saturated carbocycles. The minimum absolute atomic E-state index is 0.0968. The van der Waals surface area contributed by atoms with Gasteiger partial charge in [0.1, 0.15) is 12.5 Å². The molecule has 0 bridgehead atoms. The number of esters is 2. The van der Waals surface area contributed by atoms with Crippen molar-refractivity contribution < 1.29 is 28.6 Å². The van der Waals surface area contributed by atoms with Crippen LogP contribution in [0.15, 0.2) is 46.8 Å². The number of carbonyl (C=O) groups excluding carboxylic acids is 3. The van der Waals surface area contributed by atoms with E-state index in [0.717, 1.165) is 6.42 Å². The Morgan fingerprint density at radius 2 is 1.97 bits per heavy atom. The standard InChI is InChI=1S/C25H30ClNO6/c1-5-9-32-10-11-33-25(30)20-15(3)27-18-12-14(2)19(24(29)31-4)23(28)22(18)21(20)16-7-6-8-17(26)13-16/h6-8,13-14,19,21,27H,5,9-12H2,1-4H3/t14-,19-,21-/m1/s1. The van der Waals surface area contributed by atoms with E-state index in [0.29, 0.717) is 46.2 Å². The van der Waals surface area contributed by atoms with Crippen molar-refractivity contribution in [3.63, 3.8) is 0 Å². The number of rotatable bonds is 8. The Kier molecular flexibility index (Phi) is 8.32. The summed E-state index contributed by atoms with van der Waals surface area (Å²) >= 11 is 6.26. The summed E-state index contributed by atoms with van der Waals surface area (Å²) in [5.41, 5.74) is 2.69. The monoisotopic (exact) mass is 475 g/mol. The van der Waals surface area contributed by atoms with Gasteiger partial charge >= 0.3 is 11.9 Å². The molecule has 8 heteroatoms. The van der Waals surface area contributed by atoms with E-state index in [2.05, 4.69) is 5.32 Å². The second-order valence-electron chi connectivity index (χ2n) is 8.34. The molecular formula is C25H30ClNO6. The van der Waals surface area contributed by atoms with Gasteiger partial charge in [-0.3, -0.25) is 9.59 Å². The largest absolute Gasteiger partial charge is 0.468 e. The van der Waals surface area contributed by atoms with Crippen molar-refractivity contribution in [2.75, 3.05) is 26.9 Å². The lowest BCUT2D eigenvalue weighted by molar-refractivity contribution is -0.151. The number of methoxy groups -OCH3 is 1. The Hall–Kier alpha value is -2.64. The number of carbonyl (C=O) groups is 3. The van der Waals surface area contributed by atoms with Crippen LogP contribution < -0.4 is 5.32 Å². The fraction of sp³-hybridized carbons (Fsp3) is 0.480. The smallest absolute Gasteiger partial charge is 0.336 e. The average molecular weight is 476 g/mol. The fourth-order valence-electron chi connectivity index (χ4n) is 4.49. The Labute approximate surface area is 199 Å². The first-order chi connectivity index (χ1) is 15.8. The molecule has 0 fully saturated rings. The number of benzene rings is 1. The molecule has 0 unspecified atom stereocenters. The van der Waals surface area contributed by atoms with Gasteiger partial charge in [-0.25, -0.2) is 4.79 Å². The lowest BCUT2D eigenvalue weighted by Gasteiger charge is -2.38. The highest BCUT2D eigenvalue weighted by Crippen LogP contribution is 2.45. The summed E-state index contributed by atoms with van der Waals surface area (Å²) in [6, 6.07) is 7.04. The number of hydrogen-bond donors (Lipinski definition) is 1. The van der Waals surface area contributed by atoms with Crippen LogP contribution in [0.5, 0.6) is 0 Å². The van der Waals surface area contributed by atoms with Crippen LogP contribution in [0.3, 0.4) is 0 Å². The van der Waals surface area contributed by atoms with Crippen LogP contribution in [0.1, 0.15) is 45.1 Å². The first kappa shape index (κ1) is 25.0. The zero-order valence-corrected chi connectivity index (χ0v) is 20.2. The molecule has 1 aliphatic carbocycles. The van der Waals surface area contributed by atoms with E-state index >= 15 is 0 Å². The van der Waals surface area contributed by atoms with Gasteiger partial charge in [0.15, 0.2) is 5.78 Å². The lowest BCUT2D eigenvalue weighted by atomic mass is 9.69. The van der Waals surface area contributed by atoms with E-state index in [9.17, 15) is 14.4 Å². The SMILES string of the molecule is CCCOCCOC(=O)C1=C(C)NC2=C(C(=O)[C@H](C(=O)OC)[C@H](C)C2)[C@@H]1c1cccc(Cl)c1. The van der Waals surface area contributed by atoms with Crippen LogP contribution in [-0.4, -0.2) is 44.7 Å². The second kappa shape index (κ2) is 11.0. The molecule has 1 heterocycles. The number of allylic oxidation sites excluding steroid dienone is 3. The number of Topliss-reactive ketones (excluding diaryl/α,β-unsaturated/α-hetero) is 1. The number of halogens is 1. The molecule has 0 radical (unpaired) electrons. The quantitative estimate of drug-likeness (QED) is 0.346. The predicted octanol–water partition coefficient (Wildman–Crippen LogP) is 3.92. The first-order valence-electron chi connectivity index (χ1n) is 11.1. The van der Waals surface area contributed by atoms with Crippen molar-refractivity contribution in [1.29, 1.82) is 0 Å². The number of ether oxygens (including phenoxy) is 3. The van der Waals surface area contributed by atoms with Crippen LogP contribution in [0.2, 0.25) is 5.02 Å². The maximum atomic E-state index is 13.6. The fourth-order valence-corrected chi connectivity index (χ4v) is 4.69. The van der Waals surface area contributed by atoms with E-state index < -0.39 is 23.8 Å². The third kappa shape index (κ3) is 5.31. The van der Waals surface area contributed by atoms with E-state index in [1.807, 2.05) is 19.9 Å². The van der Waals surface area contributed by atoms with Gasteiger partial charge in [-0.05, 0) is 43.4 Å². The van der Waals surface area contributed by atoms with E-state index in [1.165, 1.54) is 7.11 Å². The van der Waals surface area contributed by atoms with Gasteiger partial charge in [-0.15, -0.1) is 0 Å². The highest BCUT2D eigenvalue weighted by atomic mass is 35.5. The third-order valence-electron chi connectivity index (χ3n) is 5.95. The summed E-state index contributed by atoms with van der Waals surface area (Å²) in [7, 11) is 1.27. The molecule has 3 atom stereocenters. The zero-order chi connectivity index (χ0) is 24.1. The lowest BCUT2D eigenvalue weighted by Crippen LogP contribution is -2.43. The summed E-state index contributed by atoms with van der Waals surface area (Å²) in [5, 5.41) is 3.71. The van der Waals surface area contributed by atoms with Gasteiger partial charge in [0.25, 0.3) is 0 Å². The van der Waals surface area contributed by atoms with Gasteiger partial charge in [0.05, 0.1) is 19.3 Å². The molecule has 0 saturated heterocycles. The molecule has 3 rings (SSSR count). The molecule has 1 aliphatic heterocycles. The summed E-state index contributed by atoms with van der Waals surface area (Å²) in [4.78, 5) is 39.3. The molecule has 1 aromatic carbocycles. The molecule has 178 valence electrons. The van der Waals surface area contributed by atoms with Crippen molar-refractivity contribution >= 4 is 29.3 Å².